The van der Waals surface area contributed by atoms with Gasteiger partial charge in [0.15, 0.2) is 11.1 Å². The number of benzene rings is 1. The van der Waals surface area contributed by atoms with Crippen molar-refractivity contribution in [1.82, 2.24) is 9.88 Å². The molecule has 0 radical (unpaired) electrons. The summed E-state index contributed by atoms with van der Waals surface area (Å²) in [5.41, 5.74) is 8.54. The number of aliphatic imine (C=N–C) groups is 1. The summed E-state index contributed by atoms with van der Waals surface area (Å²) < 4.78 is 5.37. The minimum absolute atomic E-state index is 0. The van der Waals surface area contributed by atoms with E-state index in [-0.39, 0.29) is 24.0 Å². The number of aryl methyl sites for hydroxylation is 1. The number of thiazole rings is 1. The zero-order valence-corrected chi connectivity index (χ0v) is 18.4. The number of rotatable bonds is 5. The van der Waals surface area contributed by atoms with Gasteiger partial charge in [0.25, 0.3) is 0 Å². The summed E-state index contributed by atoms with van der Waals surface area (Å²) in [4.78, 5) is 13.4. The molecule has 1 aliphatic rings. The normalized spacial score (nSPS) is 14.9. The highest BCUT2D eigenvalue weighted by atomic mass is 127. The Labute approximate surface area is 176 Å². The Balaban J connectivity index is 0.00000243. The number of aromatic nitrogens is 1. The molecule has 8 heteroatoms. The molecule has 1 aliphatic heterocycles. The van der Waals surface area contributed by atoms with Crippen LogP contribution in [0.3, 0.4) is 0 Å². The number of anilines is 1. The number of hydrogen-bond acceptors (Lipinski definition) is 5. The second-order valence-corrected chi connectivity index (χ2v) is 6.96. The predicted molar refractivity (Wildman–Crippen MR) is 119 cm³/mol. The van der Waals surface area contributed by atoms with Crippen LogP contribution < -0.4 is 15.4 Å². The zero-order valence-electron chi connectivity index (χ0n) is 15.2. The maximum absolute atomic E-state index is 6.18. The van der Waals surface area contributed by atoms with E-state index in [0.717, 1.165) is 49.0 Å². The van der Waals surface area contributed by atoms with Crippen LogP contribution in [-0.4, -0.2) is 55.7 Å². The van der Waals surface area contributed by atoms with Crippen LogP contribution in [0.2, 0.25) is 0 Å². The Morgan fingerprint density at radius 3 is 2.73 bits per heavy atom. The van der Waals surface area contributed by atoms with Crippen molar-refractivity contribution in [3.63, 3.8) is 0 Å². The molecule has 2 heterocycles. The van der Waals surface area contributed by atoms with Gasteiger partial charge in [0.1, 0.15) is 5.75 Å². The number of halogens is 1. The molecule has 0 saturated carbocycles. The lowest BCUT2D eigenvalue weighted by molar-refractivity contribution is 0.380. The maximum atomic E-state index is 6.18. The van der Waals surface area contributed by atoms with Crippen LogP contribution in [-0.2, 0) is 6.42 Å². The lowest BCUT2D eigenvalue weighted by Gasteiger charge is -2.35. The van der Waals surface area contributed by atoms with E-state index in [1.54, 1.807) is 18.4 Å². The van der Waals surface area contributed by atoms with Gasteiger partial charge in [-0.2, -0.15) is 0 Å². The van der Waals surface area contributed by atoms with Crippen molar-refractivity contribution in [2.45, 2.75) is 13.3 Å². The fourth-order valence-corrected chi connectivity index (χ4v) is 3.62. The molecule has 2 N–H and O–H groups in total. The summed E-state index contributed by atoms with van der Waals surface area (Å²) in [5.74, 6) is 1.56. The molecule has 0 unspecified atom stereocenters. The Morgan fingerprint density at radius 2 is 2.08 bits per heavy atom. The van der Waals surface area contributed by atoms with Crippen molar-refractivity contribution in [3.8, 4) is 5.75 Å². The topological polar surface area (TPSA) is 67.0 Å². The molecule has 2 aromatic rings. The number of methoxy groups -OCH3 is 1. The standard InChI is InChI=1S/C18H25N5OS.HI/c1-14-3-4-15(13-16(14)24-2)5-6-20-17(19)22-8-10-23(11-9-22)18-21-7-12-25-18;/h3-4,7,12-13H,5-6,8-11H2,1-2H3,(H2,19,20);1H. The minimum Gasteiger partial charge on any atom is -0.496 e. The molecule has 1 aromatic heterocycles. The van der Waals surface area contributed by atoms with Gasteiger partial charge in [0, 0.05) is 44.3 Å². The Bertz CT molecular complexity index is 714. The van der Waals surface area contributed by atoms with Crippen molar-refractivity contribution in [3.05, 3.63) is 40.9 Å². The van der Waals surface area contributed by atoms with E-state index in [2.05, 4.69) is 38.0 Å². The molecule has 1 aromatic carbocycles. The summed E-state index contributed by atoms with van der Waals surface area (Å²) in [6.45, 7) is 6.35. The predicted octanol–water partition coefficient (Wildman–Crippen LogP) is 2.76. The van der Waals surface area contributed by atoms with E-state index in [1.165, 1.54) is 5.56 Å². The smallest absolute Gasteiger partial charge is 0.191 e. The van der Waals surface area contributed by atoms with E-state index in [9.17, 15) is 0 Å². The maximum Gasteiger partial charge on any atom is 0.191 e. The second-order valence-electron chi connectivity index (χ2n) is 6.08. The largest absolute Gasteiger partial charge is 0.496 e. The van der Waals surface area contributed by atoms with Crippen LogP contribution in [0, 0.1) is 6.92 Å². The first-order valence-electron chi connectivity index (χ1n) is 8.50. The van der Waals surface area contributed by atoms with E-state index in [1.807, 2.05) is 18.5 Å². The van der Waals surface area contributed by atoms with Crippen molar-refractivity contribution in [2.75, 3.05) is 44.7 Å². The van der Waals surface area contributed by atoms with Crippen molar-refractivity contribution >= 4 is 46.4 Å². The van der Waals surface area contributed by atoms with Gasteiger partial charge in [-0.25, -0.2) is 4.98 Å². The number of piperazine rings is 1. The highest BCUT2D eigenvalue weighted by molar-refractivity contribution is 14.0. The van der Waals surface area contributed by atoms with Gasteiger partial charge in [0.2, 0.25) is 0 Å². The molecular formula is C18H26IN5OS. The Hall–Kier alpha value is -1.55. The fraction of sp³-hybridized carbons (Fsp3) is 0.444. The van der Waals surface area contributed by atoms with Crippen LogP contribution in [0.1, 0.15) is 11.1 Å². The van der Waals surface area contributed by atoms with E-state index in [4.69, 9.17) is 10.5 Å². The molecule has 0 aliphatic carbocycles. The molecule has 26 heavy (non-hydrogen) atoms. The van der Waals surface area contributed by atoms with Crippen LogP contribution in [0.15, 0.2) is 34.8 Å². The van der Waals surface area contributed by atoms with Gasteiger partial charge >= 0.3 is 0 Å². The van der Waals surface area contributed by atoms with Gasteiger partial charge in [0.05, 0.1) is 7.11 Å². The summed E-state index contributed by atoms with van der Waals surface area (Å²) >= 11 is 1.68. The summed E-state index contributed by atoms with van der Waals surface area (Å²) in [6, 6.07) is 6.28. The molecule has 0 spiro atoms. The molecule has 3 rings (SSSR count). The number of guanidine groups is 1. The Morgan fingerprint density at radius 1 is 1.31 bits per heavy atom. The highest BCUT2D eigenvalue weighted by Crippen LogP contribution is 2.20. The summed E-state index contributed by atoms with van der Waals surface area (Å²) in [5, 5.41) is 3.10. The monoisotopic (exact) mass is 487 g/mol. The second kappa shape index (κ2) is 9.96. The first-order chi connectivity index (χ1) is 12.2. The van der Waals surface area contributed by atoms with E-state index in [0.29, 0.717) is 12.5 Å². The number of hydrogen-bond donors (Lipinski definition) is 1. The third-order valence-electron chi connectivity index (χ3n) is 4.44. The zero-order chi connectivity index (χ0) is 17.6. The van der Waals surface area contributed by atoms with Gasteiger partial charge in [-0.3, -0.25) is 4.99 Å². The summed E-state index contributed by atoms with van der Waals surface area (Å²) in [6.07, 6.45) is 2.71. The average molecular weight is 487 g/mol. The third-order valence-corrected chi connectivity index (χ3v) is 5.27. The molecule has 0 amide bonds. The lowest BCUT2D eigenvalue weighted by atomic mass is 10.1. The van der Waals surface area contributed by atoms with E-state index < -0.39 is 0 Å². The van der Waals surface area contributed by atoms with Gasteiger partial charge in [-0.1, -0.05) is 12.1 Å². The van der Waals surface area contributed by atoms with Crippen LogP contribution in [0.25, 0.3) is 0 Å². The molecule has 0 atom stereocenters. The SMILES string of the molecule is COc1cc(CCN=C(N)N2CCN(c3nccs3)CC2)ccc1C.I. The first-order valence-corrected chi connectivity index (χ1v) is 9.38. The third kappa shape index (κ3) is 5.23. The van der Waals surface area contributed by atoms with Crippen molar-refractivity contribution < 1.29 is 4.74 Å². The molecule has 1 fully saturated rings. The van der Waals surface area contributed by atoms with Gasteiger partial charge < -0.3 is 20.3 Å². The number of ether oxygens (including phenoxy) is 1. The fourth-order valence-electron chi connectivity index (χ4n) is 2.92. The van der Waals surface area contributed by atoms with Crippen LogP contribution in [0.5, 0.6) is 5.75 Å². The molecule has 142 valence electrons. The lowest BCUT2D eigenvalue weighted by Crippen LogP contribution is -2.51. The Kier molecular flexibility index (Phi) is 7.95. The quantitative estimate of drug-likeness (QED) is 0.399. The van der Waals surface area contributed by atoms with Crippen LogP contribution in [0.4, 0.5) is 5.13 Å². The number of nitrogens with two attached hydrogens (primary N) is 1. The average Bonchev–Trinajstić information content (AvgIpc) is 3.18. The summed E-state index contributed by atoms with van der Waals surface area (Å²) in [7, 11) is 1.70. The molecule has 0 bridgehead atoms. The molecule has 1 saturated heterocycles. The molecular weight excluding hydrogens is 461 g/mol. The minimum atomic E-state index is 0. The van der Waals surface area contributed by atoms with Crippen LogP contribution >= 0.6 is 35.3 Å². The highest BCUT2D eigenvalue weighted by Gasteiger charge is 2.19. The number of nitrogens with zero attached hydrogens (tertiary/aromatic N) is 4. The van der Waals surface area contributed by atoms with Gasteiger partial charge in [-0.05, 0) is 30.5 Å². The van der Waals surface area contributed by atoms with Crippen molar-refractivity contribution in [2.24, 2.45) is 10.7 Å². The van der Waals surface area contributed by atoms with E-state index >= 15 is 0 Å². The first kappa shape index (κ1) is 20.8. The van der Waals surface area contributed by atoms with Gasteiger partial charge in [-0.15, -0.1) is 35.3 Å². The molecule has 6 nitrogen and oxygen atoms in total. The van der Waals surface area contributed by atoms with Crippen molar-refractivity contribution in [1.29, 1.82) is 0 Å².